The van der Waals surface area contributed by atoms with E-state index in [0.29, 0.717) is 42.9 Å². The summed E-state index contributed by atoms with van der Waals surface area (Å²) in [6.07, 6.45) is 5.18. The molecule has 0 aromatic carbocycles. The fourth-order valence-electron chi connectivity index (χ4n) is 9.47. The SMILES string of the molecule is C[C@@H]1C[C@@H](O)C[C@H]2C[C@@H](O)[C@@H]3[C@H](C[C@H](O)[C@]4(C)[C@@H]([C@H](C)CCC(=O)NCCCS(=O)(=O)O)CC[C@@H]34)C21. The van der Waals surface area contributed by atoms with Gasteiger partial charge in [-0.3, -0.25) is 9.35 Å². The van der Waals surface area contributed by atoms with Gasteiger partial charge in [0, 0.05) is 13.0 Å². The number of aliphatic hydroxyl groups excluding tert-OH is 3. The van der Waals surface area contributed by atoms with Crippen LogP contribution < -0.4 is 5.32 Å². The number of fused-ring (bicyclic) bond motifs is 5. The zero-order valence-corrected chi connectivity index (χ0v) is 22.9. The Bertz CT molecular complexity index is 897. The Morgan fingerprint density at radius 3 is 2.50 bits per heavy atom. The second-order valence-electron chi connectivity index (χ2n) is 12.9. The fraction of sp³-hybridized carbons (Fsp3) is 0.963. The zero-order valence-electron chi connectivity index (χ0n) is 22.1. The Hall–Kier alpha value is -0.740. The minimum absolute atomic E-state index is 0.122. The molecule has 0 aromatic rings. The first-order valence-electron chi connectivity index (χ1n) is 14.1. The molecule has 12 atom stereocenters. The first-order chi connectivity index (χ1) is 16.8. The molecule has 0 aliphatic heterocycles. The van der Waals surface area contributed by atoms with Crippen molar-refractivity contribution in [1.29, 1.82) is 0 Å². The molecule has 5 N–H and O–H groups in total. The van der Waals surface area contributed by atoms with Crippen LogP contribution in [0.25, 0.3) is 0 Å². The minimum Gasteiger partial charge on any atom is -0.393 e. The number of amides is 1. The van der Waals surface area contributed by atoms with Crippen LogP contribution in [-0.2, 0) is 14.9 Å². The number of hydrogen-bond acceptors (Lipinski definition) is 6. The molecule has 0 aromatic heterocycles. The van der Waals surface area contributed by atoms with Crippen molar-refractivity contribution in [3.63, 3.8) is 0 Å². The molecule has 8 nitrogen and oxygen atoms in total. The molecule has 0 heterocycles. The van der Waals surface area contributed by atoms with Crippen LogP contribution in [-0.4, -0.2) is 64.8 Å². The van der Waals surface area contributed by atoms with Crippen LogP contribution in [0.3, 0.4) is 0 Å². The average Bonchev–Trinajstić information content (AvgIpc) is 3.12. The largest absolute Gasteiger partial charge is 0.393 e. The molecule has 4 aliphatic rings. The third kappa shape index (κ3) is 5.51. The van der Waals surface area contributed by atoms with Gasteiger partial charge in [-0.15, -0.1) is 0 Å². The van der Waals surface area contributed by atoms with E-state index in [1.165, 1.54) is 0 Å². The second kappa shape index (κ2) is 10.8. The van der Waals surface area contributed by atoms with Gasteiger partial charge in [-0.05, 0) is 104 Å². The molecule has 0 saturated heterocycles. The molecule has 4 rings (SSSR count). The van der Waals surface area contributed by atoms with Crippen LogP contribution in [0.2, 0.25) is 0 Å². The van der Waals surface area contributed by atoms with E-state index >= 15 is 0 Å². The van der Waals surface area contributed by atoms with E-state index in [0.717, 1.165) is 32.1 Å². The van der Waals surface area contributed by atoms with Crippen molar-refractivity contribution in [1.82, 2.24) is 5.32 Å². The van der Waals surface area contributed by atoms with Crippen molar-refractivity contribution in [2.24, 2.45) is 52.8 Å². The Kier molecular flexibility index (Phi) is 8.48. The normalized spacial score (nSPS) is 45.3. The molecule has 1 unspecified atom stereocenters. The zero-order chi connectivity index (χ0) is 26.4. The van der Waals surface area contributed by atoms with E-state index in [4.69, 9.17) is 4.55 Å². The monoisotopic (exact) mass is 529 g/mol. The fourth-order valence-corrected chi connectivity index (χ4v) is 9.98. The summed E-state index contributed by atoms with van der Waals surface area (Å²) >= 11 is 0. The summed E-state index contributed by atoms with van der Waals surface area (Å²) in [7, 11) is -4.01. The Morgan fingerprint density at radius 1 is 1.08 bits per heavy atom. The van der Waals surface area contributed by atoms with E-state index < -0.39 is 16.2 Å². The first kappa shape index (κ1) is 28.3. The van der Waals surface area contributed by atoms with Gasteiger partial charge in [-0.25, -0.2) is 0 Å². The summed E-state index contributed by atoms with van der Waals surface area (Å²) in [5.74, 6) is 2.00. The lowest BCUT2D eigenvalue weighted by atomic mass is 9.46. The summed E-state index contributed by atoms with van der Waals surface area (Å²) in [4.78, 5) is 12.3. The quantitative estimate of drug-likeness (QED) is 0.240. The lowest BCUT2D eigenvalue weighted by Gasteiger charge is -2.60. The third-order valence-electron chi connectivity index (χ3n) is 10.9. The lowest BCUT2D eigenvalue weighted by molar-refractivity contribution is -0.188. The van der Waals surface area contributed by atoms with Crippen molar-refractivity contribution in [3.05, 3.63) is 0 Å². The van der Waals surface area contributed by atoms with E-state index in [1.54, 1.807) is 0 Å². The van der Waals surface area contributed by atoms with Crippen molar-refractivity contribution in [3.8, 4) is 0 Å². The van der Waals surface area contributed by atoms with E-state index in [2.05, 4.69) is 26.1 Å². The summed E-state index contributed by atoms with van der Waals surface area (Å²) < 4.78 is 30.4. The molecule has 0 spiro atoms. The molecule has 1 amide bonds. The summed E-state index contributed by atoms with van der Waals surface area (Å²) in [6, 6.07) is 0. The molecule has 4 fully saturated rings. The maximum atomic E-state index is 12.3. The Labute approximate surface area is 216 Å². The number of aliphatic hydroxyl groups is 3. The van der Waals surface area contributed by atoms with E-state index in [9.17, 15) is 28.5 Å². The number of hydrogen-bond donors (Lipinski definition) is 5. The predicted octanol–water partition coefficient (Wildman–Crippen LogP) is 2.61. The molecular formula is C27H47NO7S. The third-order valence-corrected chi connectivity index (χ3v) is 11.7. The highest BCUT2D eigenvalue weighted by molar-refractivity contribution is 7.85. The molecular weight excluding hydrogens is 482 g/mol. The maximum absolute atomic E-state index is 12.3. The molecule has 9 heteroatoms. The highest BCUT2D eigenvalue weighted by Gasteiger charge is 2.63. The summed E-state index contributed by atoms with van der Waals surface area (Å²) in [6.45, 7) is 6.84. The first-order valence-corrected chi connectivity index (χ1v) is 15.7. The average molecular weight is 530 g/mol. The molecule has 208 valence electrons. The lowest BCUT2D eigenvalue weighted by Crippen LogP contribution is -2.60. The van der Waals surface area contributed by atoms with Crippen molar-refractivity contribution < 1.29 is 33.1 Å². The predicted molar refractivity (Wildman–Crippen MR) is 136 cm³/mol. The van der Waals surface area contributed by atoms with Crippen LogP contribution in [0, 0.1) is 52.8 Å². The van der Waals surface area contributed by atoms with Gasteiger partial charge in [0.15, 0.2) is 0 Å². The van der Waals surface area contributed by atoms with Crippen molar-refractivity contribution in [2.45, 2.75) is 96.9 Å². The van der Waals surface area contributed by atoms with Crippen molar-refractivity contribution in [2.75, 3.05) is 12.3 Å². The summed E-state index contributed by atoms with van der Waals surface area (Å²) in [5, 5.41) is 36.0. The van der Waals surface area contributed by atoms with E-state index in [1.807, 2.05) is 0 Å². The summed E-state index contributed by atoms with van der Waals surface area (Å²) in [5.41, 5.74) is -0.280. The standard InChI is InChI=1S/C27H47NO7S/c1-15(5-8-24(32)28-9-4-10-36(33,34)35)20-6-7-21-26-19(14-23(31)27(20,21)3)25-16(2)11-18(29)12-17(25)13-22(26)30/h15-23,25-26,29-31H,4-14H2,1-3H3,(H,28,32)(H,33,34,35)/t15-,16-,17+,18-,19-,20-,21+,22-,23+,25?,26-,27-/m1/s1. The maximum Gasteiger partial charge on any atom is 0.264 e. The van der Waals surface area contributed by atoms with Crippen LogP contribution in [0.1, 0.15) is 78.6 Å². The number of carbonyl (C=O) groups is 1. The highest BCUT2D eigenvalue weighted by atomic mass is 32.2. The highest BCUT2D eigenvalue weighted by Crippen LogP contribution is 2.66. The Balaban J connectivity index is 1.38. The van der Waals surface area contributed by atoms with Crippen molar-refractivity contribution >= 4 is 16.0 Å². The van der Waals surface area contributed by atoms with Gasteiger partial charge in [0.1, 0.15) is 0 Å². The van der Waals surface area contributed by atoms with Crippen LogP contribution in [0.15, 0.2) is 0 Å². The molecule has 0 bridgehead atoms. The van der Waals surface area contributed by atoms with Crippen LogP contribution >= 0.6 is 0 Å². The molecule has 4 aliphatic carbocycles. The molecule has 36 heavy (non-hydrogen) atoms. The van der Waals surface area contributed by atoms with Gasteiger partial charge in [-0.1, -0.05) is 20.8 Å². The van der Waals surface area contributed by atoms with Gasteiger partial charge in [0.2, 0.25) is 5.91 Å². The number of nitrogens with one attached hydrogen (secondary N) is 1. The topological polar surface area (TPSA) is 144 Å². The molecule has 0 radical (unpaired) electrons. The Morgan fingerprint density at radius 2 is 1.81 bits per heavy atom. The van der Waals surface area contributed by atoms with Gasteiger partial charge < -0.3 is 20.6 Å². The minimum atomic E-state index is -4.01. The van der Waals surface area contributed by atoms with E-state index in [-0.39, 0.29) is 65.9 Å². The second-order valence-corrected chi connectivity index (χ2v) is 14.5. The van der Waals surface area contributed by atoms with Gasteiger partial charge in [0.05, 0.1) is 24.1 Å². The number of rotatable bonds is 8. The van der Waals surface area contributed by atoms with Gasteiger partial charge in [0.25, 0.3) is 10.1 Å². The van der Waals surface area contributed by atoms with Gasteiger partial charge >= 0.3 is 0 Å². The smallest absolute Gasteiger partial charge is 0.264 e. The van der Waals surface area contributed by atoms with Gasteiger partial charge in [-0.2, -0.15) is 8.42 Å². The van der Waals surface area contributed by atoms with Crippen LogP contribution in [0.5, 0.6) is 0 Å². The van der Waals surface area contributed by atoms with Crippen LogP contribution in [0.4, 0.5) is 0 Å². The number of carbonyl (C=O) groups excluding carboxylic acids is 1. The molecule has 4 saturated carbocycles.